The lowest BCUT2D eigenvalue weighted by Gasteiger charge is -2.34. The van der Waals surface area contributed by atoms with Gasteiger partial charge in [-0.05, 0) is 43.5 Å². The van der Waals surface area contributed by atoms with Gasteiger partial charge in [0, 0.05) is 39.3 Å². The van der Waals surface area contributed by atoms with Crippen LogP contribution in [0.2, 0.25) is 0 Å². The van der Waals surface area contributed by atoms with E-state index in [1.807, 2.05) is 0 Å². The summed E-state index contributed by atoms with van der Waals surface area (Å²) in [7, 11) is 0. The molecule has 0 amide bonds. The molecule has 1 saturated heterocycles. The fourth-order valence-corrected chi connectivity index (χ4v) is 2.87. The van der Waals surface area contributed by atoms with Gasteiger partial charge in [-0.3, -0.25) is 4.90 Å². The Kier molecular flexibility index (Phi) is 6.49. The standard InChI is InChI=1S/C17H28N2O2/c1-15-12-16(2)14-17(13-15)21-11-3-4-18-5-7-19(8-6-18)9-10-20/h12-14,20H,3-11H2,1-2H3. The van der Waals surface area contributed by atoms with Crippen LogP contribution in [0.5, 0.6) is 5.75 Å². The van der Waals surface area contributed by atoms with Crippen molar-refractivity contribution in [1.29, 1.82) is 0 Å². The van der Waals surface area contributed by atoms with Crippen molar-refractivity contribution in [3.63, 3.8) is 0 Å². The molecule has 1 N–H and O–H groups in total. The Morgan fingerprint density at radius 3 is 2.10 bits per heavy atom. The third-order valence-corrected chi connectivity index (χ3v) is 3.96. The molecular weight excluding hydrogens is 264 g/mol. The fourth-order valence-electron chi connectivity index (χ4n) is 2.87. The number of β-amino-alcohol motifs (C(OH)–C–C–N with tert-alkyl or cyclic N) is 1. The number of ether oxygens (including phenoxy) is 1. The summed E-state index contributed by atoms with van der Waals surface area (Å²) in [5, 5.41) is 8.93. The zero-order chi connectivity index (χ0) is 15.1. The van der Waals surface area contributed by atoms with E-state index in [9.17, 15) is 0 Å². The van der Waals surface area contributed by atoms with Gasteiger partial charge in [-0.25, -0.2) is 0 Å². The van der Waals surface area contributed by atoms with Gasteiger partial charge < -0.3 is 14.7 Å². The van der Waals surface area contributed by atoms with Crippen LogP contribution in [-0.2, 0) is 0 Å². The first kappa shape index (κ1) is 16.3. The fraction of sp³-hybridized carbons (Fsp3) is 0.647. The molecule has 4 heteroatoms. The van der Waals surface area contributed by atoms with Crippen molar-refractivity contribution in [2.45, 2.75) is 20.3 Å². The number of benzene rings is 1. The van der Waals surface area contributed by atoms with Crippen LogP contribution in [0.3, 0.4) is 0 Å². The lowest BCUT2D eigenvalue weighted by molar-refractivity contribution is 0.108. The number of rotatable bonds is 7. The average Bonchev–Trinajstić information content (AvgIpc) is 2.45. The number of nitrogens with zero attached hydrogens (tertiary/aromatic N) is 2. The number of piperazine rings is 1. The van der Waals surface area contributed by atoms with Crippen molar-refractivity contribution in [1.82, 2.24) is 9.80 Å². The number of aryl methyl sites for hydroxylation is 2. The number of aliphatic hydroxyl groups is 1. The van der Waals surface area contributed by atoms with Crippen LogP contribution >= 0.6 is 0 Å². The van der Waals surface area contributed by atoms with Gasteiger partial charge in [0.05, 0.1) is 13.2 Å². The molecule has 0 spiro atoms. The SMILES string of the molecule is Cc1cc(C)cc(OCCCN2CCN(CCO)CC2)c1. The van der Waals surface area contributed by atoms with Crippen molar-refractivity contribution in [2.24, 2.45) is 0 Å². The van der Waals surface area contributed by atoms with E-state index in [2.05, 4.69) is 41.8 Å². The van der Waals surface area contributed by atoms with Crippen molar-refractivity contribution >= 4 is 0 Å². The molecule has 0 radical (unpaired) electrons. The number of aliphatic hydroxyl groups excluding tert-OH is 1. The Morgan fingerprint density at radius 1 is 0.952 bits per heavy atom. The van der Waals surface area contributed by atoms with Gasteiger partial charge in [0.15, 0.2) is 0 Å². The maximum Gasteiger partial charge on any atom is 0.119 e. The summed E-state index contributed by atoms with van der Waals surface area (Å²) >= 11 is 0. The average molecular weight is 292 g/mol. The topological polar surface area (TPSA) is 35.9 Å². The van der Waals surface area contributed by atoms with Crippen molar-refractivity contribution in [3.8, 4) is 5.75 Å². The second-order valence-corrected chi connectivity index (χ2v) is 5.93. The van der Waals surface area contributed by atoms with Crippen molar-refractivity contribution in [3.05, 3.63) is 29.3 Å². The predicted octanol–water partition coefficient (Wildman–Crippen LogP) is 1.68. The highest BCUT2D eigenvalue weighted by atomic mass is 16.5. The van der Waals surface area contributed by atoms with Crippen LogP contribution in [-0.4, -0.2) is 67.4 Å². The lowest BCUT2D eigenvalue weighted by atomic mass is 10.1. The predicted molar refractivity (Wildman–Crippen MR) is 86.0 cm³/mol. The Morgan fingerprint density at radius 2 is 1.52 bits per heavy atom. The minimum absolute atomic E-state index is 0.268. The molecule has 0 aliphatic carbocycles. The minimum Gasteiger partial charge on any atom is -0.494 e. The Hall–Kier alpha value is -1.10. The molecule has 0 unspecified atom stereocenters. The Bertz CT molecular complexity index is 409. The van der Waals surface area contributed by atoms with Gasteiger partial charge in [-0.15, -0.1) is 0 Å². The zero-order valence-corrected chi connectivity index (χ0v) is 13.3. The zero-order valence-electron chi connectivity index (χ0n) is 13.3. The molecule has 21 heavy (non-hydrogen) atoms. The molecule has 1 aliphatic rings. The van der Waals surface area contributed by atoms with Crippen LogP contribution < -0.4 is 4.74 Å². The highest BCUT2D eigenvalue weighted by Crippen LogP contribution is 2.16. The van der Waals surface area contributed by atoms with Gasteiger partial charge in [-0.2, -0.15) is 0 Å². The smallest absolute Gasteiger partial charge is 0.119 e. The summed E-state index contributed by atoms with van der Waals surface area (Å²) < 4.78 is 5.85. The molecular formula is C17H28N2O2. The van der Waals surface area contributed by atoms with Crippen molar-refractivity contribution < 1.29 is 9.84 Å². The van der Waals surface area contributed by atoms with Gasteiger partial charge in [-0.1, -0.05) is 6.07 Å². The molecule has 2 rings (SSSR count). The summed E-state index contributed by atoms with van der Waals surface area (Å²) in [4.78, 5) is 4.81. The molecule has 1 fully saturated rings. The summed E-state index contributed by atoms with van der Waals surface area (Å²) in [5.41, 5.74) is 2.51. The summed E-state index contributed by atoms with van der Waals surface area (Å²) in [5.74, 6) is 0.986. The first-order valence-electron chi connectivity index (χ1n) is 7.94. The van der Waals surface area contributed by atoms with Gasteiger partial charge >= 0.3 is 0 Å². The molecule has 1 aromatic carbocycles. The molecule has 118 valence electrons. The van der Waals surface area contributed by atoms with E-state index >= 15 is 0 Å². The monoisotopic (exact) mass is 292 g/mol. The minimum atomic E-state index is 0.268. The summed E-state index contributed by atoms with van der Waals surface area (Å²) in [6, 6.07) is 6.36. The van der Waals surface area contributed by atoms with Gasteiger partial charge in [0.25, 0.3) is 0 Å². The van der Waals surface area contributed by atoms with Crippen LogP contribution in [0.15, 0.2) is 18.2 Å². The highest BCUT2D eigenvalue weighted by Gasteiger charge is 2.15. The van der Waals surface area contributed by atoms with Crippen LogP contribution in [0.25, 0.3) is 0 Å². The van der Waals surface area contributed by atoms with E-state index in [0.29, 0.717) is 0 Å². The van der Waals surface area contributed by atoms with Crippen LogP contribution in [0.4, 0.5) is 0 Å². The second-order valence-electron chi connectivity index (χ2n) is 5.93. The van der Waals surface area contributed by atoms with E-state index < -0.39 is 0 Å². The molecule has 0 atom stereocenters. The van der Waals surface area contributed by atoms with Crippen LogP contribution in [0.1, 0.15) is 17.5 Å². The first-order chi connectivity index (χ1) is 10.2. The van der Waals surface area contributed by atoms with E-state index in [0.717, 1.165) is 58.0 Å². The molecule has 0 aromatic heterocycles. The molecule has 1 heterocycles. The molecule has 0 saturated carbocycles. The van der Waals surface area contributed by atoms with E-state index in [-0.39, 0.29) is 6.61 Å². The second kappa shape index (κ2) is 8.37. The van der Waals surface area contributed by atoms with Gasteiger partial charge in [0.2, 0.25) is 0 Å². The quantitative estimate of drug-likeness (QED) is 0.776. The summed E-state index contributed by atoms with van der Waals surface area (Å²) in [6.45, 7) is 11.5. The number of hydrogen-bond acceptors (Lipinski definition) is 4. The Labute approximate surface area is 128 Å². The maximum atomic E-state index is 8.93. The van der Waals surface area contributed by atoms with Crippen molar-refractivity contribution in [2.75, 3.05) is 52.5 Å². The summed E-state index contributed by atoms with van der Waals surface area (Å²) in [6.07, 6.45) is 1.06. The van der Waals surface area contributed by atoms with Gasteiger partial charge in [0.1, 0.15) is 5.75 Å². The lowest BCUT2D eigenvalue weighted by Crippen LogP contribution is -2.47. The van der Waals surface area contributed by atoms with E-state index in [1.54, 1.807) is 0 Å². The third kappa shape index (κ3) is 5.65. The number of hydrogen-bond donors (Lipinski definition) is 1. The molecule has 0 bridgehead atoms. The molecule has 1 aliphatic heterocycles. The van der Waals surface area contributed by atoms with Crippen LogP contribution in [0, 0.1) is 13.8 Å². The normalized spacial score (nSPS) is 17.1. The van der Waals surface area contributed by atoms with E-state index in [4.69, 9.17) is 9.84 Å². The van der Waals surface area contributed by atoms with E-state index in [1.165, 1.54) is 11.1 Å². The molecule has 4 nitrogen and oxygen atoms in total. The largest absolute Gasteiger partial charge is 0.494 e. The first-order valence-corrected chi connectivity index (χ1v) is 7.94. The highest BCUT2D eigenvalue weighted by molar-refractivity contribution is 5.32. The molecule has 1 aromatic rings. The third-order valence-electron chi connectivity index (χ3n) is 3.96. The Balaban J connectivity index is 1.62. The maximum absolute atomic E-state index is 8.93.